The molecule has 5 nitrogen and oxygen atoms in total. The van der Waals surface area contributed by atoms with Crippen LogP contribution in [-0.2, 0) is 14.8 Å². The van der Waals surface area contributed by atoms with Crippen molar-refractivity contribution in [1.29, 1.82) is 0 Å². The molecule has 0 aliphatic carbocycles. The summed E-state index contributed by atoms with van der Waals surface area (Å²) in [6.07, 6.45) is 2.09. The molecule has 0 spiro atoms. The van der Waals surface area contributed by atoms with E-state index in [0.29, 0.717) is 19.4 Å². The second kappa shape index (κ2) is 6.07. The van der Waals surface area contributed by atoms with Crippen molar-refractivity contribution in [2.45, 2.75) is 12.8 Å². The number of nitrogens with zero attached hydrogens (tertiary/aromatic N) is 1. The van der Waals surface area contributed by atoms with Gasteiger partial charge in [0.2, 0.25) is 15.9 Å². The number of benzene rings is 1. The maximum absolute atomic E-state index is 13.5. The van der Waals surface area contributed by atoms with Gasteiger partial charge < -0.3 is 5.32 Å². The van der Waals surface area contributed by atoms with E-state index in [0.717, 1.165) is 18.4 Å². The summed E-state index contributed by atoms with van der Waals surface area (Å²) in [5.41, 5.74) is -0.501. The summed E-state index contributed by atoms with van der Waals surface area (Å²) in [4.78, 5) is 12.1. The minimum Gasteiger partial charge on any atom is -0.321 e. The monoisotopic (exact) mass is 318 g/mol. The molecule has 1 amide bonds. The number of halogens is 2. The lowest BCUT2D eigenvalue weighted by atomic mass is 9.98. The average Bonchev–Trinajstić information content (AvgIpc) is 2.42. The molecule has 0 radical (unpaired) electrons. The lowest BCUT2D eigenvalue weighted by Gasteiger charge is -2.30. The molecule has 116 valence electrons. The third-order valence-corrected chi connectivity index (χ3v) is 4.70. The summed E-state index contributed by atoms with van der Waals surface area (Å²) in [6, 6.07) is 3.29. The predicted molar refractivity (Wildman–Crippen MR) is 74.1 cm³/mol. The molecule has 1 aromatic rings. The van der Waals surface area contributed by atoms with Crippen LogP contribution in [0.25, 0.3) is 0 Å². The molecule has 1 aromatic carbocycles. The van der Waals surface area contributed by atoms with Crippen LogP contribution < -0.4 is 5.32 Å². The summed E-state index contributed by atoms with van der Waals surface area (Å²) < 4.78 is 51.2. The van der Waals surface area contributed by atoms with E-state index in [9.17, 15) is 22.0 Å². The van der Waals surface area contributed by atoms with Gasteiger partial charge in [-0.25, -0.2) is 21.5 Å². The van der Waals surface area contributed by atoms with Crippen LogP contribution in [0.2, 0.25) is 0 Å². The van der Waals surface area contributed by atoms with E-state index in [4.69, 9.17) is 0 Å². The second-order valence-electron chi connectivity index (χ2n) is 5.05. The van der Waals surface area contributed by atoms with Gasteiger partial charge in [0.05, 0.1) is 12.2 Å². The third-order valence-electron chi connectivity index (χ3n) is 3.43. The van der Waals surface area contributed by atoms with Gasteiger partial charge >= 0.3 is 0 Å². The van der Waals surface area contributed by atoms with E-state index in [-0.39, 0.29) is 6.54 Å². The Bertz CT molecular complexity index is 629. The van der Waals surface area contributed by atoms with Crippen molar-refractivity contribution in [2.24, 2.45) is 5.92 Å². The van der Waals surface area contributed by atoms with E-state index in [1.54, 1.807) is 0 Å². The maximum Gasteiger partial charge on any atom is 0.228 e. The van der Waals surface area contributed by atoms with Crippen LogP contribution in [-0.4, -0.2) is 38.0 Å². The van der Waals surface area contributed by atoms with Crippen molar-refractivity contribution in [1.82, 2.24) is 4.31 Å². The van der Waals surface area contributed by atoms with Gasteiger partial charge in [-0.2, -0.15) is 0 Å². The van der Waals surface area contributed by atoms with Crippen molar-refractivity contribution < 1.29 is 22.0 Å². The van der Waals surface area contributed by atoms with Gasteiger partial charge in [0.15, 0.2) is 0 Å². The molecule has 0 aromatic heterocycles. The Hall–Kier alpha value is -1.54. The van der Waals surface area contributed by atoms with Crippen LogP contribution in [0.15, 0.2) is 18.2 Å². The van der Waals surface area contributed by atoms with Crippen molar-refractivity contribution >= 4 is 21.6 Å². The highest BCUT2D eigenvalue weighted by atomic mass is 32.2. The number of sulfonamides is 1. The number of hydrogen-bond donors (Lipinski definition) is 1. The number of nitrogens with one attached hydrogen (secondary N) is 1. The van der Waals surface area contributed by atoms with Crippen molar-refractivity contribution in [3.63, 3.8) is 0 Å². The first kappa shape index (κ1) is 15.8. The van der Waals surface area contributed by atoms with Crippen LogP contribution >= 0.6 is 0 Å². The predicted octanol–water partition coefficient (Wildman–Crippen LogP) is 1.57. The number of amides is 1. The van der Waals surface area contributed by atoms with E-state index >= 15 is 0 Å². The highest BCUT2D eigenvalue weighted by molar-refractivity contribution is 7.88. The number of piperidine rings is 1. The van der Waals surface area contributed by atoms with Gasteiger partial charge in [-0.1, -0.05) is 6.07 Å². The molecule has 1 aliphatic heterocycles. The summed E-state index contributed by atoms with van der Waals surface area (Å²) in [6.45, 7) is 0.386. The van der Waals surface area contributed by atoms with Crippen molar-refractivity contribution in [3.8, 4) is 0 Å². The Balaban J connectivity index is 2.10. The molecular formula is C13H16F2N2O3S. The van der Waals surface area contributed by atoms with Crippen LogP contribution in [0, 0.1) is 17.6 Å². The summed E-state index contributed by atoms with van der Waals surface area (Å²) in [5, 5.41) is 2.21. The highest BCUT2D eigenvalue weighted by Crippen LogP contribution is 2.23. The van der Waals surface area contributed by atoms with Crippen molar-refractivity contribution in [3.05, 3.63) is 29.8 Å². The van der Waals surface area contributed by atoms with Crippen LogP contribution in [0.5, 0.6) is 0 Å². The van der Waals surface area contributed by atoms with Gasteiger partial charge in [0.1, 0.15) is 17.3 Å². The zero-order valence-corrected chi connectivity index (χ0v) is 12.3. The molecule has 1 aliphatic rings. The molecule has 1 heterocycles. The topological polar surface area (TPSA) is 66.5 Å². The molecule has 1 N–H and O–H groups in total. The summed E-state index contributed by atoms with van der Waals surface area (Å²) in [7, 11) is -3.38. The molecular weight excluding hydrogens is 302 g/mol. The molecule has 2 rings (SSSR count). The highest BCUT2D eigenvalue weighted by Gasteiger charge is 2.30. The number of hydrogen-bond acceptors (Lipinski definition) is 3. The standard InChI is InChI=1S/C13H16F2N2O3S/c1-21(19,20)17-7-3-4-9(8-17)13(18)16-12-10(14)5-2-6-11(12)15/h2,5-6,9H,3-4,7-8H2,1H3,(H,16,18)/t9-/m1/s1. The largest absolute Gasteiger partial charge is 0.321 e. The molecule has 0 unspecified atom stereocenters. The second-order valence-corrected chi connectivity index (χ2v) is 7.03. The lowest BCUT2D eigenvalue weighted by Crippen LogP contribution is -2.43. The Morgan fingerprint density at radius 1 is 1.33 bits per heavy atom. The van der Waals surface area contributed by atoms with E-state index in [1.807, 2.05) is 0 Å². The maximum atomic E-state index is 13.5. The molecule has 21 heavy (non-hydrogen) atoms. The van der Waals surface area contributed by atoms with Crippen LogP contribution in [0.3, 0.4) is 0 Å². The third kappa shape index (κ3) is 3.76. The Morgan fingerprint density at radius 2 is 1.95 bits per heavy atom. The first-order valence-corrected chi connectivity index (χ1v) is 8.34. The first-order chi connectivity index (χ1) is 9.79. The fourth-order valence-electron chi connectivity index (χ4n) is 2.30. The van der Waals surface area contributed by atoms with E-state index in [2.05, 4.69) is 5.32 Å². The van der Waals surface area contributed by atoms with E-state index in [1.165, 1.54) is 10.4 Å². The lowest BCUT2D eigenvalue weighted by molar-refractivity contribution is -0.120. The fourth-order valence-corrected chi connectivity index (χ4v) is 3.21. The molecule has 1 saturated heterocycles. The van der Waals surface area contributed by atoms with Crippen LogP contribution in [0.1, 0.15) is 12.8 Å². The number of anilines is 1. The quantitative estimate of drug-likeness (QED) is 0.920. The van der Waals surface area contributed by atoms with Crippen molar-refractivity contribution in [2.75, 3.05) is 24.7 Å². The number of carbonyl (C=O) groups is 1. The Morgan fingerprint density at radius 3 is 2.52 bits per heavy atom. The molecule has 0 bridgehead atoms. The zero-order chi connectivity index (χ0) is 15.6. The fraction of sp³-hybridized carbons (Fsp3) is 0.462. The normalized spacial score (nSPS) is 20.2. The smallest absolute Gasteiger partial charge is 0.228 e. The molecule has 1 atom stereocenters. The SMILES string of the molecule is CS(=O)(=O)N1CCC[C@@H](C(=O)Nc2c(F)cccc2F)C1. The average molecular weight is 318 g/mol. The molecule has 1 fully saturated rings. The van der Waals surface area contributed by atoms with Gasteiger partial charge in [-0.15, -0.1) is 0 Å². The summed E-state index contributed by atoms with van der Waals surface area (Å²) in [5.74, 6) is -2.92. The van der Waals surface area contributed by atoms with Gasteiger partial charge in [0.25, 0.3) is 0 Å². The van der Waals surface area contributed by atoms with Gasteiger partial charge in [-0.3, -0.25) is 4.79 Å². The minimum absolute atomic E-state index is 0.0285. The number of para-hydroxylation sites is 1. The van der Waals surface area contributed by atoms with E-state index < -0.39 is 39.2 Å². The van der Waals surface area contributed by atoms with Gasteiger partial charge in [0, 0.05) is 13.1 Å². The Kier molecular flexibility index (Phi) is 4.58. The Labute approximate surface area is 122 Å². The number of carbonyl (C=O) groups excluding carboxylic acids is 1. The zero-order valence-electron chi connectivity index (χ0n) is 11.5. The number of rotatable bonds is 3. The minimum atomic E-state index is -3.38. The molecule has 8 heteroatoms. The summed E-state index contributed by atoms with van der Waals surface area (Å²) >= 11 is 0. The first-order valence-electron chi connectivity index (χ1n) is 6.49. The van der Waals surface area contributed by atoms with Crippen LogP contribution in [0.4, 0.5) is 14.5 Å². The van der Waals surface area contributed by atoms with Gasteiger partial charge in [-0.05, 0) is 25.0 Å². The molecule has 0 saturated carbocycles.